The van der Waals surface area contributed by atoms with Crippen molar-refractivity contribution in [2.75, 3.05) is 11.1 Å². The highest BCUT2D eigenvalue weighted by atomic mass is 32.2. The van der Waals surface area contributed by atoms with Crippen LogP contribution in [0.3, 0.4) is 0 Å². The molecule has 1 aromatic heterocycles. The monoisotopic (exact) mass is 390 g/mol. The molecule has 3 amide bonds. The maximum atomic E-state index is 12.1. The number of rotatable bonds is 7. The van der Waals surface area contributed by atoms with Gasteiger partial charge in [-0.2, -0.15) is 0 Å². The highest BCUT2D eigenvalue weighted by Crippen LogP contribution is 2.15. The molecule has 144 valence electrons. The van der Waals surface area contributed by atoms with E-state index < -0.39 is 5.91 Å². The molecular formula is C17H22N6O3S. The highest BCUT2D eigenvalue weighted by Gasteiger charge is 2.11. The molecule has 0 fully saturated rings. The topological polar surface area (TPSA) is 118 Å². The molecule has 0 saturated heterocycles. The fourth-order valence-corrected chi connectivity index (χ4v) is 2.78. The second-order valence-electron chi connectivity index (χ2n) is 6.24. The SMILES string of the molecule is CC(C)CC(=O)NNC(=O)c1cccc(NC(=O)CSc2nncn2C)c1. The van der Waals surface area contributed by atoms with Gasteiger partial charge in [-0.25, -0.2) is 0 Å². The average Bonchev–Trinajstić information content (AvgIpc) is 3.02. The van der Waals surface area contributed by atoms with Gasteiger partial charge in [-0.3, -0.25) is 25.2 Å². The van der Waals surface area contributed by atoms with Crippen molar-refractivity contribution in [1.29, 1.82) is 0 Å². The predicted molar refractivity (Wildman–Crippen MR) is 102 cm³/mol. The summed E-state index contributed by atoms with van der Waals surface area (Å²) in [4.78, 5) is 35.8. The lowest BCUT2D eigenvalue weighted by atomic mass is 10.1. The van der Waals surface area contributed by atoms with E-state index in [0.29, 0.717) is 22.8 Å². The van der Waals surface area contributed by atoms with Crippen molar-refractivity contribution in [3.05, 3.63) is 36.2 Å². The largest absolute Gasteiger partial charge is 0.325 e. The van der Waals surface area contributed by atoms with E-state index in [4.69, 9.17) is 0 Å². The number of hydrazine groups is 1. The zero-order valence-electron chi connectivity index (χ0n) is 15.4. The number of amides is 3. The van der Waals surface area contributed by atoms with E-state index in [0.717, 1.165) is 0 Å². The third kappa shape index (κ3) is 6.74. The van der Waals surface area contributed by atoms with Gasteiger partial charge in [-0.1, -0.05) is 31.7 Å². The molecule has 0 atom stereocenters. The van der Waals surface area contributed by atoms with Gasteiger partial charge < -0.3 is 9.88 Å². The molecule has 10 heteroatoms. The van der Waals surface area contributed by atoms with E-state index >= 15 is 0 Å². The second-order valence-corrected chi connectivity index (χ2v) is 7.18. The lowest BCUT2D eigenvalue weighted by Crippen LogP contribution is -2.42. The van der Waals surface area contributed by atoms with Crippen LogP contribution in [-0.2, 0) is 16.6 Å². The lowest BCUT2D eigenvalue weighted by Gasteiger charge is -2.10. The van der Waals surface area contributed by atoms with Gasteiger partial charge in [0.2, 0.25) is 11.8 Å². The number of thioether (sulfide) groups is 1. The fourth-order valence-electron chi connectivity index (χ4n) is 2.09. The van der Waals surface area contributed by atoms with Gasteiger partial charge in [-0.15, -0.1) is 10.2 Å². The Hall–Kier alpha value is -2.88. The standard InChI is InChI=1S/C17H22N6O3S/c1-11(2)7-14(24)20-21-16(26)12-5-4-6-13(8-12)19-15(25)9-27-17-22-18-10-23(17)3/h4-6,8,10-11H,7,9H2,1-3H3,(H,19,25)(H,20,24)(H,21,26). The Balaban J connectivity index is 1.86. The number of hydrogen-bond donors (Lipinski definition) is 3. The Bertz CT molecular complexity index is 821. The van der Waals surface area contributed by atoms with Crippen molar-refractivity contribution in [2.45, 2.75) is 25.4 Å². The second kappa shape index (κ2) is 9.72. The Morgan fingerprint density at radius 2 is 1.96 bits per heavy atom. The number of nitrogens with zero attached hydrogens (tertiary/aromatic N) is 3. The van der Waals surface area contributed by atoms with E-state index in [-0.39, 0.29) is 23.5 Å². The van der Waals surface area contributed by atoms with Crippen LogP contribution in [0, 0.1) is 5.92 Å². The van der Waals surface area contributed by atoms with Crippen LogP contribution in [0.2, 0.25) is 0 Å². The number of carbonyl (C=O) groups excluding carboxylic acids is 3. The summed E-state index contributed by atoms with van der Waals surface area (Å²) in [6.07, 6.45) is 1.88. The third-order valence-corrected chi connectivity index (χ3v) is 4.35. The van der Waals surface area contributed by atoms with Crippen LogP contribution in [0.5, 0.6) is 0 Å². The molecule has 0 aliphatic carbocycles. The molecule has 2 aromatic rings. The van der Waals surface area contributed by atoms with Crippen LogP contribution < -0.4 is 16.2 Å². The first-order chi connectivity index (χ1) is 12.8. The van der Waals surface area contributed by atoms with Gasteiger partial charge in [0.15, 0.2) is 5.16 Å². The van der Waals surface area contributed by atoms with Gasteiger partial charge >= 0.3 is 0 Å². The Labute approximate surface area is 161 Å². The number of carbonyl (C=O) groups is 3. The summed E-state index contributed by atoms with van der Waals surface area (Å²) in [5.41, 5.74) is 5.53. The molecule has 0 spiro atoms. The van der Waals surface area contributed by atoms with E-state index in [1.807, 2.05) is 13.8 Å². The molecule has 0 unspecified atom stereocenters. The van der Waals surface area contributed by atoms with Crippen LogP contribution in [0.4, 0.5) is 5.69 Å². The Morgan fingerprint density at radius 3 is 2.63 bits per heavy atom. The number of anilines is 1. The summed E-state index contributed by atoms with van der Waals surface area (Å²) < 4.78 is 1.72. The maximum Gasteiger partial charge on any atom is 0.269 e. The van der Waals surface area contributed by atoms with Crippen molar-refractivity contribution in [3.8, 4) is 0 Å². The molecular weight excluding hydrogens is 368 g/mol. The highest BCUT2D eigenvalue weighted by molar-refractivity contribution is 7.99. The normalized spacial score (nSPS) is 10.5. The van der Waals surface area contributed by atoms with Crippen molar-refractivity contribution in [3.63, 3.8) is 0 Å². The first kappa shape index (κ1) is 20.4. The lowest BCUT2D eigenvalue weighted by molar-refractivity contribution is -0.122. The first-order valence-electron chi connectivity index (χ1n) is 8.31. The van der Waals surface area contributed by atoms with Crippen molar-refractivity contribution in [2.24, 2.45) is 13.0 Å². The summed E-state index contributed by atoms with van der Waals surface area (Å²) >= 11 is 1.26. The van der Waals surface area contributed by atoms with Gasteiger partial charge in [0.25, 0.3) is 5.91 Å². The van der Waals surface area contributed by atoms with Crippen molar-refractivity contribution < 1.29 is 14.4 Å². The summed E-state index contributed by atoms with van der Waals surface area (Å²) in [7, 11) is 1.79. The summed E-state index contributed by atoms with van der Waals surface area (Å²) in [5.74, 6) is -0.597. The predicted octanol–water partition coefficient (Wildman–Crippen LogP) is 1.35. The van der Waals surface area contributed by atoms with Crippen LogP contribution >= 0.6 is 11.8 Å². The Kier molecular flexibility index (Phi) is 7.35. The quantitative estimate of drug-likeness (QED) is 0.485. The van der Waals surface area contributed by atoms with Gasteiger partial charge in [0.1, 0.15) is 6.33 Å². The average molecular weight is 390 g/mol. The zero-order valence-corrected chi connectivity index (χ0v) is 16.2. The van der Waals surface area contributed by atoms with Crippen LogP contribution in [0.1, 0.15) is 30.6 Å². The van der Waals surface area contributed by atoms with Crippen molar-refractivity contribution >= 4 is 35.2 Å². The molecule has 1 heterocycles. The smallest absolute Gasteiger partial charge is 0.269 e. The first-order valence-corrected chi connectivity index (χ1v) is 9.29. The molecule has 2 rings (SSSR count). The van der Waals surface area contributed by atoms with E-state index in [1.54, 1.807) is 36.1 Å². The van der Waals surface area contributed by atoms with Crippen LogP contribution in [-0.4, -0.2) is 38.2 Å². The minimum atomic E-state index is -0.461. The number of nitrogens with one attached hydrogen (secondary N) is 3. The van der Waals surface area contributed by atoms with Crippen LogP contribution in [0.25, 0.3) is 0 Å². The number of benzene rings is 1. The molecule has 0 bridgehead atoms. The minimum absolute atomic E-state index is 0.161. The number of aryl methyl sites for hydroxylation is 1. The van der Waals surface area contributed by atoms with Gasteiger partial charge in [0.05, 0.1) is 5.75 Å². The molecule has 0 aliphatic heterocycles. The third-order valence-electron chi connectivity index (χ3n) is 3.32. The number of hydrogen-bond acceptors (Lipinski definition) is 6. The minimum Gasteiger partial charge on any atom is -0.325 e. The van der Waals surface area contributed by atoms with E-state index in [2.05, 4.69) is 26.4 Å². The fraction of sp³-hybridized carbons (Fsp3) is 0.353. The summed E-state index contributed by atoms with van der Waals surface area (Å²) in [5, 5.41) is 11.0. The van der Waals surface area contributed by atoms with E-state index in [1.165, 1.54) is 17.8 Å². The van der Waals surface area contributed by atoms with Gasteiger partial charge in [0, 0.05) is 24.7 Å². The molecule has 9 nitrogen and oxygen atoms in total. The maximum absolute atomic E-state index is 12.1. The number of aromatic nitrogens is 3. The van der Waals surface area contributed by atoms with Crippen molar-refractivity contribution in [1.82, 2.24) is 25.6 Å². The molecule has 0 saturated carbocycles. The Morgan fingerprint density at radius 1 is 1.19 bits per heavy atom. The molecule has 0 aliphatic rings. The summed E-state index contributed by atoms with van der Waals surface area (Å²) in [6.45, 7) is 3.83. The molecule has 27 heavy (non-hydrogen) atoms. The summed E-state index contributed by atoms with van der Waals surface area (Å²) in [6, 6.07) is 6.46. The molecule has 3 N–H and O–H groups in total. The molecule has 0 radical (unpaired) electrons. The molecule has 1 aromatic carbocycles. The van der Waals surface area contributed by atoms with Gasteiger partial charge in [-0.05, 0) is 24.1 Å². The van der Waals surface area contributed by atoms with E-state index in [9.17, 15) is 14.4 Å². The van der Waals surface area contributed by atoms with Crippen LogP contribution in [0.15, 0.2) is 35.7 Å². The zero-order chi connectivity index (χ0) is 19.8.